The Morgan fingerprint density at radius 2 is 2.53 bits per heavy atom. The first-order chi connectivity index (χ1) is 7.10. The number of aliphatic hydroxyl groups excluding tert-OH is 1. The van der Waals surface area contributed by atoms with Gasteiger partial charge in [0, 0.05) is 27.8 Å². The van der Waals surface area contributed by atoms with Gasteiger partial charge in [0.15, 0.2) is 0 Å². The molecule has 2 heterocycles. The molecule has 0 bridgehead atoms. The van der Waals surface area contributed by atoms with Gasteiger partial charge in [-0.05, 0) is 41.8 Å². The molecule has 0 amide bonds. The fraction of sp³-hybridized carbons (Fsp3) is 0.636. The summed E-state index contributed by atoms with van der Waals surface area (Å²) in [6.45, 7) is 2.79. The SMILES string of the molecule is CC1(C(O)Cc2cc(Br)cs2)CCCO1. The predicted octanol–water partition coefficient (Wildman–Crippen LogP) is 2.98. The summed E-state index contributed by atoms with van der Waals surface area (Å²) in [7, 11) is 0. The van der Waals surface area contributed by atoms with Gasteiger partial charge in [-0.15, -0.1) is 11.3 Å². The van der Waals surface area contributed by atoms with E-state index in [9.17, 15) is 5.11 Å². The van der Waals surface area contributed by atoms with E-state index in [1.54, 1.807) is 11.3 Å². The highest BCUT2D eigenvalue weighted by molar-refractivity contribution is 9.10. The minimum absolute atomic E-state index is 0.337. The van der Waals surface area contributed by atoms with E-state index in [1.165, 1.54) is 4.88 Å². The van der Waals surface area contributed by atoms with Crippen LogP contribution in [0.1, 0.15) is 24.6 Å². The Labute approximate surface area is 102 Å². The molecule has 1 saturated heterocycles. The average molecular weight is 291 g/mol. The van der Waals surface area contributed by atoms with E-state index >= 15 is 0 Å². The van der Waals surface area contributed by atoms with Crippen LogP contribution >= 0.6 is 27.3 Å². The molecule has 0 radical (unpaired) electrons. The van der Waals surface area contributed by atoms with Crippen LogP contribution in [0.3, 0.4) is 0 Å². The number of aliphatic hydroxyl groups is 1. The first-order valence-corrected chi connectivity index (χ1v) is 6.82. The zero-order chi connectivity index (χ0) is 10.9. The molecule has 1 fully saturated rings. The molecule has 0 aromatic carbocycles. The molecule has 2 unspecified atom stereocenters. The number of thiophene rings is 1. The predicted molar refractivity (Wildman–Crippen MR) is 65.3 cm³/mol. The van der Waals surface area contributed by atoms with Gasteiger partial charge in [-0.1, -0.05) is 0 Å². The fourth-order valence-corrected chi connectivity index (χ4v) is 3.42. The van der Waals surface area contributed by atoms with Crippen LogP contribution in [0.5, 0.6) is 0 Å². The summed E-state index contributed by atoms with van der Waals surface area (Å²) in [5.74, 6) is 0. The van der Waals surface area contributed by atoms with E-state index in [2.05, 4.69) is 22.0 Å². The summed E-state index contributed by atoms with van der Waals surface area (Å²) >= 11 is 5.09. The number of ether oxygens (including phenoxy) is 1. The minimum atomic E-state index is -0.398. The molecule has 0 aliphatic carbocycles. The molecule has 4 heteroatoms. The van der Waals surface area contributed by atoms with Crippen molar-refractivity contribution in [2.75, 3.05) is 6.61 Å². The molecule has 1 aliphatic heterocycles. The summed E-state index contributed by atoms with van der Waals surface area (Å²) in [5, 5.41) is 12.2. The van der Waals surface area contributed by atoms with E-state index in [1.807, 2.05) is 12.3 Å². The molecule has 2 nitrogen and oxygen atoms in total. The molecule has 2 atom stereocenters. The number of hydrogen-bond acceptors (Lipinski definition) is 3. The zero-order valence-electron chi connectivity index (χ0n) is 8.70. The molecular formula is C11H15BrO2S. The van der Waals surface area contributed by atoms with Crippen LogP contribution < -0.4 is 0 Å². The number of hydrogen-bond donors (Lipinski definition) is 1. The number of rotatable bonds is 3. The Balaban J connectivity index is 1.99. The Morgan fingerprint density at radius 3 is 3.07 bits per heavy atom. The van der Waals surface area contributed by atoms with Crippen LogP contribution in [0.15, 0.2) is 15.9 Å². The second-order valence-corrected chi connectivity index (χ2v) is 6.13. The molecule has 15 heavy (non-hydrogen) atoms. The van der Waals surface area contributed by atoms with E-state index in [-0.39, 0.29) is 5.60 Å². The highest BCUT2D eigenvalue weighted by atomic mass is 79.9. The third-order valence-corrected chi connectivity index (χ3v) is 4.69. The monoisotopic (exact) mass is 290 g/mol. The van der Waals surface area contributed by atoms with Gasteiger partial charge >= 0.3 is 0 Å². The highest BCUT2D eigenvalue weighted by Gasteiger charge is 2.37. The molecular weight excluding hydrogens is 276 g/mol. The molecule has 1 aromatic rings. The molecule has 0 saturated carbocycles. The van der Waals surface area contributed by atoms with Gasteiger partial charge in [0.25, 0.3) is 0 Å². The van der Waals surface area contributed by atoms with Gasteiger partial charge in [0.2, 0.25) is 0 Å². The molecule has 2 rings (SSSR count). The van der Waals surface area contributed by atoms with Gasteiger partial charge in [-0.25, -0.2) is 0 Å². The van der Waals surface area contributed by atoms with Crippen molar-refractivity contribution in [2.45, 2.75) is 37.9 Å². The maximum absolute atomic E-state index is 10.1. The molecule has 1 aliphatic rings. The maximum atomic E-state index is 10.1. The third-order valence-electron chi connectivity index (χ3n) is 2.97. The second-order valence-electron chi connectivity index (χ2n) is 4.22. The Kier molecular flexibility index (Phi) is 3.50. The van der Waals surface area contributed by atoms with Crippen LogP contribution in [-0.4, -0.2) is 23.4 Å². The fourth-order valence-electron chi connectivity index (χ4n) is 1.93. The van der Waals surface area contributed by atoms with Crippen LogP contribution in [0.25, 0.3) is 0 Å². The molecule has 84 valence electrons. The van der Waals surface area contributed by atoms with E-state index < -0.39 is 6.10 Å². The van der Waals surface area contributed by atoms with Crippen LogP contribution in [-0.2, 0) is 11.2 Å². The van der Waals surface area contributed by atoms with Crippen molar-refractivity contribution in [1.29, 1.82) is 0 Å². The van der Waals surface area contributed by atoms with Gasteiger partial charge < -0.3 is 9.84 Å². The van der Waals surface area contributed by atoms with Gasteiger partial charge in [0.1, 0.15) is 0 Å². The molecule has 1 aromatic heterocycles. The van der Waals surface area contributed by atoms with Crippen molar-refractivity contribution in [3.05, 3.63) is 20.8 Å². The normalized spacial score (nSPS) is 28.2. The third kappa shape index (κ3) is 2.61. The Bertz CT molecular complexity index is 331. The summed E-state index contributed by atoms with van der Waals surface area (Å²) in [5.41, 5.74) is -0.337. The van der Waals surface area contributed by atoms with Crippen molar-refractivity contribution in [2.24, 2.45) is 0 Å². The Hall–Kier alpha value is 0.1000. The van der Waals surface area contributed by atoms with Crippen LogP contribution in [0.2, 0.25) is 0 Å². The number of halogens is 1. The molecule has 0 spiro atoms. The van der Waals surface area contributed by atoms with Crippen molar-refractivity contribution in [1.82, 2.24) is 0 Å². The smallest absolute Gasteiger partial charge is 0.0916 e. The standard InChI is InChI=1S/C11H15BrO2S/c1-11(3-2-4-14-11)10(13)6-9-5-8(12)7-15-9/h5,7,10,13H,2-4,6H2,1H3. The van der Waals surface area contributed by atoms with Gasteiger partial charge in [-0.3, -0.25) is 0 Å². The lowest BCUT2D eigenvalue weighted by molar-refractivity contribution is -0.0765. The second kappa shape index (κ2) is 4.53. The Morgan fingerprint density at radius 1 is 1.73 bits per heavy atom. The first-order valence-electron chi connectivity index (χ1n) is 5.15. The quantitative estimate of drug-likeness (QED) is 0.927. The van der Waals surface area contributed by atoms with E-state index in [0.29, 0.717) is 6.42 Å². The lowest BCUT2D eigenvalue weighted by Crippen LogP contribution is -2.39. The summed E-state index contributed by atoms with van der Waals surface area (Å²) in [4.78, 5) is 1.20. The average Bonchev–Trinajstić information content (AvgIpc) is 2.76. The van der Waals surface area contributed by atoms with E-state index in [4.69, 9.17) is 4.74 Å². The summed E-state index contributed by atoms with van der Waals surface area (Å²) < 4.78 is 6.71. The van der Waals surface area contributed by atoms with Crippen LogP contribution in [0, 0.1) is 0 Å². The van der Waals surface area contributed by atoms with Gasteiger partial charge in [0.05, 0.1) is 11.7 Å². The highest BCUT2D eigenvalue weighted by Crippen LogP contribution is 2.31. The topological polar surface area (TPSA) is 29.5 Å². The first kappa shape index (κ1) is 11.6. The van der Waals surface area contributed by atoms with Crippen molar-refractivity contribution >= 4 is 27.3 Å². The zero-order valence-corrected chi connectivity index (χ0v) is 11.1. The van der Waals surface area contributed by atoms with Crippen LogP contribution in [0.4, 0.5) is 0 Å². The lowest BCUT2D eigenvalue weighted by Gasteiger charge is -2.28. The lowest BCUT2D eigenvalue weighted by atomic mass is 9.93. The minimum Gasteiger partial charge on any atom is -0.390 e. The summed E-state index contributed by atoms with van der Waals surface area (Å²) in [6.07, 6.45) is 2.31. The van der Waals surface area contributed by atoms with Crippen molar-refractivity contribution in [3.63, 3.8) is 0 Å². The van der Waals surface area contributed by atoms with E-state index in [0.717, 1.165) is 23.9 Å². The van der Waals surface area contributed by atoms with Crippen molar-refractivity contribution in [3.8, 4) is 0 Å². The van der Waals surface area contributed by atoms with Gasteiger partial charge in [-0.2, -0.15) is 0 Å². The molecule has 1 N–H and O–H groups in total. The largest absolute Gasteiger partial charge is 0.390 e. The summed E-state index contributed by atoms with van der Waals surface area (Å²) in [6, 6.07) is 2.06. The van der Waals surface area contributed by atoms with Crippen molar-refractivity contribution < 1.29 is 9.84 Å². The maximum Gasteiger partial charge on any atom is 0.0916 e.